The average Bonchev–Trinajstić information content (AvgIpc) is 3.25. The molecular weight excluding hydrogens is 384 g/mol. The summed E-state index contributed by atoms with van der Waals surface area (Å²) in [6.07, 6.45) is 6.22. The van der Waals surface area contributed by atoms with Gasteiger partial charge in [0.15, 0.2) is 0 Å². The number of imidazole rings is 1. The van der Waals surface area contributed by atoms with Gasteiger partial charge in [-0.2, -0.15) is 0 Å². The number of hydrogen-bond donors (Lipinski definition) is 1. The molecule has 1 fully saturated rings. The van der Waals surface area contributed by atoms with E-state index in [9.17, 15) is 14.4 Å². The Bertz CT molecular complexity index is 976. The Kier molecular flexibility index (Phi) is 6.66. The predicted molar refractivity (Wildman–Crippen MR) is 112 cm³/mol. The topological polar surface area (TPSA) is 93.5 Å². The second-order valence-corrected chi connectivity index (χ2v) is 7.02. The van der Waals surface area contributed by atoms with Crippen molar-refractivity contribution >= 4 is 24.0 Å². The van der Waals surface area contributed by atoms with Gasteiger partial charge in [0.2, 0.25) is 0 Å². The fourth-order valence-corrected chi connectivity index (χ4v) is 3.31. The third kappa shape index (κ3) is 4.42. The molecule has 0 atom stereocenters. The fourth-order valence-electron chi connectivity index (χ4n) is 3.31. The number of imide groups is 1. The molecule has 3 amide bonds. The van der Waals surface area contributed by atoms with Crippen molar-refractivity contribution in [1.82, 2.24) is 19.8 Å². The van der Waals surface area contributed by atoms with Crippen LogP contribution < -0.4 is 5.32 Å². The molecule has 1 saturated heterocycles. The van der Waals surface area contributed by atoms with Crippen LogP contribution in [0.5, 0.6) is 0 Å². The number of nitrogens with zero attached hydrogens (tertiary/aromatic N) is 3. The van der Waals surface area contributed by atoms with E-state index in [4.69, 9.17) is 4.74 Å². The number of unbranched alkanes of at least 4 members (excludes halogenated alkanes) is 1. The second-order valence-electron chi connectivity index (χ2n) is 7.02. The van der Waals surface area contributed by atoms with Gasteiger partial charge in [-0.1, -0.05) is 25.5 Å². The van der Waals surface area contributed by atoms with Gasteiger partial charge in [-0.05, 0) is 37.1 Å². The molecule has 1 N–H and O–H groups in total. The predicted octanol–water partition coefficient (Wildman–Crippen LogP) is 2.97. The van der Waals surface area contributed by atoms with E-state index in [0.29, 0.717) is 18.7 Å². The number of methoxy groups -OCH3 is 1. The molecule has 0 saturated carbocycles. The third-order valence-electron chi connectivity index (χ3n) is 5.01. The maximum atomic E-state index is 12.4. The summed E-state index contributed by atoms with van der Waals surface area (Å²) >= 11 is 0. The quantitative estimate of drug-likeness (QED) is 0.410. The van der Waals surface area contributed by atoms with Crippen LogP contribution in [-0.4, -0.2) is 46.0 Å². The van der Waals surface area contributed by atoms with Gasteiger partial charge in [0.1, 0.15) is 11.5 Å². The Morgan fingerprint density at radius 2 is 1.93 bits per heavy atom. The van der Waals surface area contributed by atoms with E-state index in [1.807, 2.05) is 16.7 Å². The zero-order valence-electron chi connectivity index (χ0n) is 17.5. The molecule has 0 unspecified atom stereocenters. The maximum absolute atomic E-state index is 12.4. The molecule has 0 spiro atoms. The first-order valence-electron chi connectivity index (χ1n) is 10.0. The van der Waals surface area contributed by atoms with Crippen LogP contribution in [0.1, 0.15) is 54.1 Å². The number of aryl methyl sites for hydroxylation is 1. The Hall–Kier alpha value is -3.42. The molecule has 2 heterocycles. The number of hydrogen-bond acceptors (Lipinski definition) is 5. The number of aromatic nitrogens is 2. The number of carbonyl (C=O) groups is 3. The fraction of sp³-hybridized carbons (Fsp3) is 0.364. The highest BCUT2D eigenvalue weighted by molar-refractivity contribution is 6.13. The first kappa shape index (κ1) is 21.3. The number of nitrogens with one attached hydrogen (secondary N) is 1. The van der Waals surface area contributed by atoms with Gasteiger partial charge < -0.3 is 14.6 Å². The molecule has 1 aromatic carbocycles. The minimum absolute atomic E-state index is 0.242. The SMILES string of the molecule is CCCCc1ncc(/C=C2\NC(=O)N(CC)C2=O)n1Cc1ccc(C(=O)OC)cc1. The van der Waals surface area contributed by atoms with Crippen molar-refractivity contribution < 1.29 is 19.1 Å². The molecule has 158 valence electrons. The molecular formula is C22H26N4O4. The Morgan fingerprint density at radius 3 is 2.53 bits per heavy atom. The highest BCUT2D eigenvalue weighted by Gasteiger charge is 2.32. The summed E-state index contributed by atoms with van der Waals surface area (Å²) in [5.41, 5.74) is 2.44. The minimum atomic E-state index is -0.413. The van der Waals surface area contributed by atoms with E-state index in [0.717, 1.165) is 41.2 Å². The number of esters is 1. The maximum Gasteiger partial charge on any atom is 0.337 e. The molecule has 30 heavy (non-hydrogen) atoms. The lowest BCUT2D eigenvalue weighted by molar-refractivity contribution is -0.122. The van der Waals surface area contributed by atoms with E-state index < -0.39 is 6.03 Å². The van der Waals surface area contributed by atoms with Crippen molar-refractivity contribution in [2.24, 2.45) is 0 Å². The van der Waals surface area contributed by atoms with Crippen LogP contribution in [0.3, 0.4) is 0 Å². The van der Waals surface area contributed by atoms with E-state index in [-0.39, 0.29) is 17.6 Å². The Labute approximate surface area is 175 Å². The number of urea groups is 1. The van der Waals surface area contributed by atoms with Gasteiger partial charge in [0.25, 0.3) is 5.91 Å². The van der Waals surface area contributed by atoms with E-state index >= 15 is 0 Å². The van der Waals surface area contributed by atoms with Crippen molar-refractivity contribution in [3.05, 3.63) is 58.8 Å². The lowest BCUT2D eigenvalue weighted by Crippen LogP contribution is -2.30. The lowest BCUT2D eigenvalue weighted by Gasteiger charge is -2.11. The van der Waals surface area contributed by atoms with Crippen molar-refractivity contribution in [2.75, 3.05) is 13.7 Å². The van der Waals surface area contributed by atoms with Gasteiger partial charge >= 0.3 is 12.0 Å². The third-order valence-corrected chi connectivity index (χ3v) is 5.01. The summed E-state index contributed by atoms with van der Waals surface area (Å²) < 4.78 is 6.77. The largest absolute Gasteiger partial charge is 0.465 e. The monoisotopic (exact) mass is 410 g/mol. The van der Waals surface area contributed by atoms with Crippen molar-refractivity contribution in [3.63, 3.8) is 0 Å². The molecule has 0 radical (unpaired) electrons. The van der Waals surface area contributed by atoms with Gasteiger partial charge in [-0.3, -0.25) is 9.69 Å². The molecule has 1 aromatic heterocycles. The average molecular weight is 410 g/mol. The molecule has 8 nitrogen and oxygen atoms in total. The van der Waals surface area contributed by atoms with Gasteiger partial charge in [-0.25, -0.2) is 14.6 Å². The summed E-state index contributed by atoms with van der Waals surface area (Å²) in [5.74, 6) is 0.187. The first-order valence-corrected chi connectivity index (χ1v) is 10.0. The van der Waals surface area contributed by atoms with Crippen molar-refractivity contribution in [1.29, 1.82) is 0 Å². The van der Waals surface area contributed by atoms with Gasteiger partial charge in [-0.15, -0.1) is 0 Å². The lowest BCUT2D eigenvalue weighted by atomic mass is 10.1. The number of carbonyl (C=O) groups excluding carboxylic acids is 3. The van der Waals surface area contributed by atoms with E-state index in [1.54, 1.807) is 31.3 Å². The summed E-state index contributed by atoms with van der Waals surface area (Å²) in [7, 11) is 1.35. The summed E-state index contributed by atoms with van der Waals surface area (Å²) in [6.45, 7) is 4.72. The van der Waals surface area contributed by atoms with Crippen LogP contribution in [0, 0.1) is 0 Å². The second kappa shape index (κ2) is 9.39. The molecule has 1 aliphatic heterocycles. The van der Waals surface area contributed by atoms with Crippen LogP contribution in [0.15, 0.2) is 36.2 Å². The molecule has 0 aliphatic carbocycles. The van der Waals surface area contributed by atoms with E-state index in [2.05, 4.69) is 17.2 Å². The number of amides is 3. The number of likely N-dealkylation sites (N-methyl/N-ethyl adjacent to an activating group) is 1. The highest BCUT2D eigenvalue weighted by atomic mass is 16.5. The van der Waals surface area contributed by atoms with Crippen molar-refractivity contribution in [3.8, 4) is 0 Å². The van der Waals surface area contributed by atoms with E-state index in [1.165, 1.54) is 7.11 Å². The molecule has 0 bridgehead atoms. The zero-order valence-corrected chi connectivity index (χ0v) is 17.5. The minimum Gasteiger partial charge on any atom is -0.465 e. The van der Waals surface area contributed by atoms with Crippen molar-refractivity contribution in [2.45, 2.75) is 39.7 Å². The number of ether oxygens (including phenoxy) is 1. The van der Waals surface area contributed by atoms with Gasteiger partial charge in [0.05, 0.1) is 24.6 Å². The standard InChI is InChI=1S/C22H26N4O4/c1-4-6-7-19-23-13-17(12-18-20(27)25(5-2)22(29)24-18)26(19)14-15-8-10-16(11-9-15)21(28)30-3/h8-13H,4-7,14H2,1-3H3,(H,24,29)/b18-12-. The summed E-state index contributed by atoms with van der Waals surface area (Å²) in [6, 6.07) is 6.77. The van der Waals surface area contributed by atoms with Gasteiger partial charge in [0, 0.05) is 19.5 Å². The first-order chi connectivity index (χ1) is 14.5. The van der Waals surface area contributed by atoms with Crippen LogP contribution in [0.2, 0.25) is 0 Å². The Balaban J connectivity index is 1.91. The number of benzene rings is 1. The Morgan fingerprint density at radius 1 is 1.20 bits per heavy atom. The van der Waals surface area contributed by atoms with Crippen LogP contribution >= 0.6 is 0 Å². The molecule has 2 aromatic rings. The van der Waals surface area contributed by atoms with Crippen LogP contribution in [0.4, 0.5) is 4.79 Å². The normalized spacial score (nSPS) is 15.0. The number of rotatable bonds is 8. The smallest absolute Gasteiger partial charge is 0.337 e. The van der Waals surface area contributed by atoms with Crippen LogP contribution in [-0.2, 0) is 22.5 Å². The zero-order chi connectivity index (χ0) is 21.7. The summed E-state index contributed by atoms with van der Waals surface area (Å²) in [4.78, 5) is 41.7. The summed E-state index contributed by atoms with van der Waals surface area (Å²) in [5, 5.41) is 2.63. The van der Waals surface area contributed by atoms with Crippen LogP contribution in [0.25, 0.3) is 6.08 Å². The molecule has 1 aliphatic rings. The highest BCUT2D eigenvalue weighted by Crippen LogP contribution is 2.18. The molecule has 8 heteroatoms. The molecule has 3 rings (SSSR count).